The summed E-state index contributed by atoms with van der Waals surface area (Å²) in [6.45, 7) is 3.79. The van der Waals surface area contributed by atoms with Crippen LogP contribution in [0.15, 0.2) is 53.4 Å². The van der Waals surface area contributed by atoms with Crippen LogP contribution < -0.4 is 15.4 Å². The van der Waals surface area contributed by atoms with Gasteiger partial charge < -0.3 is 20.1 Å². The summed E-state index contributed by atoms with van der Waals surface area (Å²) in [6.07, 6.45) is -1.14. The number of carbonyl (C=O) groups excluding carboxylic acids is 3. The molecule has 1 aliphatic rings. The minimum absolute atomic E-state index is 0.127. The van der Waals surface area contributed by atoms with Crippen molar-refractivity contribution in [3.8, 4) is 5.75 Å². The van der Waals surface area contributed by atoms with Gasteiger partial charge in [0.05, 0.1) is 29.7 Å². The van der Waals surface area contributed by atoms with E-state index in [1.54, 1.807) is 30.3 Å². The molecular weight excluding hydrogens is 392 g/mol. The number of ether oxygens (including phenoxy) is 2. The topological polar surface area (TPSA) is 93.7 Å². The Kier molecular flexibility index (Phi) is 6.77. The van der Waals surface area contributed by atoms with Crippen molar-refractivity contribution in [2.45, 2.75) is 36.5 Å². The molecule has 2 aromatic carbocycles. The van der Waals surface area contributed by atoms with Crippen molar-refractivity contribution in [3.63, 3.8) is 0 Å². The Labute approximate surface area is 173 Å². The standard InChI is InChI=1S/C21H22N2O5S/c1-3-27-16-10-6-4-8-14(16)22-20(25)13(2)28-19(24)12-18-21(26)23-15-9-5-7-11-17(15)29-18/h4-11,13,18H,3,12H2,1-2H3,(H,22,25)(H,23,26)/t13-,18+/m0/s1. The van der Waals surface area contributed by atoms with Crippen LogP contribution >= 0.6 is 11.8 Å². The third-order valence-corrected chi connectivity index (χ3v) is 5.46. The molecule has 2 amide bonds. The summed E-state index contributed by atoms with van der Waals surface area (Å²) in [5.74, 6) is -0.807. The first-order valence-electron chi connectivity index (χ1n) is 9.26. The van der Waals surface area contributed by atoms with Gasteiger partial charge in [0.2, 0.25) is 5.91 Å². The molecule has 8 heteroatoms. The van der Waals surface area contributed by atoms with Gasteiger partial charge in [0.1, 0.15) is 5.75 Å². The van der Waals surface area contributed by atoms with Crippen LogP contribution in [0.2, 0.25) is 0 Å². The highest BCUT2D eigenvalue weighted by molar-refractivity contribution is 8.01. The molecule has 0 saturated carbocycles. The van der Waals surface area contributed by atoms with Crippen molar-refractivity contribution in [1.82, 2.24) is 0 Å². The number of para-hydroxylation sites is 3. The van der Waals surface area contributed by atoms with Crippen molar-refractivity contribution >= 4 is 40.9 Å². The maximum absolute atomic E-state index is 12.4. The van der Waals surface area contributed by atoms with Crippen LogP contribution in [0.1, 0.15) is 20.3 Å². The Morgan fingerprint density at radius 3 is 2.69 bits per heavy atom. The molecule has 7 nitrogen and oxygen atoms in total. The van der Waals surface area contributed by atoms with Crippen LogP contribution in [0, 0.1) is 0 Å². The second-order valence-corrected chi connectivity index (χ2v) is 7.59. The van der Waals surface area contributed by atoms with Crippen LogP contribution in [0.3, 0.4) is 0 Å². The van der Waals surface area contributed by atoms with E-state index in [0.29, 0.717) is 18.0 Å². The van der Waals surface area contributed by atoms with Gasteiger partial charge in [-0.1, -0.05) is 24.3 Å². The summed E-state index contributed by atoms with van der Waals surface area (Å²) >= 11 is 1.31. The molecule has 0 fully saturated rings. The summed E-state index contributed by atoms with van der Waals surface area (Å²) < 4.78 is 10.7. The normalized spacial score (nSPS) is 16.2. The number of hydrogen-bond acceptors (Lipinski definition) is 6. The van der Waals surface area contributed by atoms with E-state index in [4.69, 9.17) is 9.47 Å². The number of anilines is 2. The van der Waals surface area contributed by atoms with Gasteiger partial charge in [-0.3, -0.25) is 14.4 Å². The number of fused-ring (bicyclic) bond motifs is 1. The first kappa shape index (κ1) is 20.7. The van der Waals surface area contributed by atoms with Crippen molar-refractivity contribution in [3.05, 3.63) is 48.5 Å². The predicted molar refractivity (Wildman–Crippen MR) is 111 cm³/mol. The number of benzene rings is 2. The number of esters is 1. The number of nitrogens with one attached hydrogen (secondary N) is 2. The molecule has 0 unspecified atom stereocenters. The maximum Gasteiger partial charge on any atom is 0.308 e. The van der Waals surface area contributed by atoms with Gasteiger partial charge in [0.15, 0.2) is 6.10 Å². The average molecular weight is 414 g/mol. The zero-order valence-corrected chi connectivity index (χ0v) is 17.0. The van der Waals surface area contributed by atoms with Gasteiger partial charge in [0, 0.05) is 4.90 Å². The molecule has 0 saturated heterocycles. The van der Waals surface area contributed by atoms with E-state index in [1.165, 1.54) is 18.7 Å². The molecule has 2 aromatic rings. The van der Waals surface area contributed by atoms with Gasteiger partial charge in [-0.25, -0.2) is 0 Å². The monoisotopic (exact) mass is 414 g/mol. The molecule has 0 radical (unpaired) electrons. The molecule has 3 rings (SSSR count). The second-order valence-electron chi connectivity index (χ2n) is 6.35. The largest absolute Gasteiger partial charge is 0.492 e. The molecule has 2 atom stereocenters. The molecule has 1 heterocycles. The van der Waals surface area contributed by atoms with Crippen molar-refractivity contribution < 1.29 is 23.9 Å². The predicted octanol–water partition coefficient (Wildman–Crippen LogP) is 3.46. The number of thioether (sulfide) groups is 1. The third kappa shape index (κ3) is 5.29. The highest BCUT2D eigenvalue weighted by atomic mass is 32.2. The second kappa shape index (κ2) is 9.47. The lowest BCUT2D eigenvalue weighted by molar-refractivity contribution is -0.153. The van der Waals surface area contributed by atoms with E-state index in [9.17, 15) is 14.4 Å². The summed E-state index contributed by atoms with van der Waals surface area (Å²) in [5.41, 5.74) is 1.23. The Balaban J connectivity index is 1.55. The van der Waals surface area contributed by atoms with Gasteiger partial charge in [0.25, 0.3) is 5.91 Å². The summed E-state index contributed by atoms with van der Waals surface area (Å²) in [5, 5.41) is 4.88. The molecule has 0 spiro atoms. The molecule has 29 heavy (non-hydrogen) atoms. The molecular formula is C21H22N2O5S. The molecule has 0 aromatic heterocycles. The van der Waals surface area contributed by atoms with E-state index in [1.807, 2.05) is 25.1 Å². The number of amides is 2. The lowest BCUT2D eigenvalue weighted by Gasteiger charge is -2.23. The molecule has 0 aliphatic carbocycles. The fourth-order valence-electron chi connectivity index (χ4n) is 2.76. The van der Waals surface area contributed by atoms with E-state index in [2.05, 4.69) is 10.6 Å². The number of hydrogen-bond donors (Lipinski definition) is 2. The quantitative estimate of drug-likeness (QED) is 0.674. The summed E-state index contributed by atoms with van der Waals surface area (Å²) in [7, 11) is 0. The third-order valence-electron chi connectivity index (χ3n) is 4.18. The lowest BCUT2D eigenvalue weighted by Crippen LogP contribution is -2.34. The first-order chi connectivity index (χ1) is 14.0. The van der Waals surface area contributed by atoms with E-state index >= 15 is 0 Å². The van der Waals surface area contributed by atoms with Crippen molar-refractivity contribution in [1.29, 1.82) is 0 Å². The Morgan fingerprint density at radius 1 is 1.17 bits per heavy atom. The fraction of sp³-hybridized carbons (Fsp3) is 0.286. The van der Waals surface area contributed by atoms with Crippen LogP contribution in [-0.4, -0.2) is 35.7 Å². The maximum atomic E-state index is 12.4. The van der Waals surface area contributed by atoms with Crippen LogP contribution in [0.25, 0.3) is 0 Å². The van der Waals surface area contributed by atoms with Gasteiger partial charge in [-0.05, 0) is 38.1 Å². The molecule has 0 bridgehead atoms. The molecule has 1 aliphatic heterocycles. The number of carbonyl (C=O) groups is 3. The van der Waals surface area contributed by atoms with Crippen LogP contribution in [0.4, 0.5) is 11.4 Å². The lowest BCUT2D eigenvalue weighted by atomic mass is 10.2. The molecule has 152 valence electrons. The van der Waals surface area contributed by atoms with Crippen LogP contribution in [-0.2, 0) is 19.1 Å². The van der Waals surface area contributed by atoms with E-state index in [-0.39, 0.29) is 12.3 Å². The number of rotatable bonds is 7. The summed E-state index contributed by atoms with van der Waals surface area (Å²) in [4.78, 5) is 37.8. The smallest absolute Gasteiger partial charge is 0.308 e. The van der Waals surface area contributed by atoms with Crippen molar-refractivity contribution in [2.24, 2.45) is 0 Å². The SMILES string of the molecule is CCOc1ccccc1NC(=O)[C@H](C)OC(=O)C[C@H]1Sc2ccccc2NC1=O. The Morgan fingerprint density at radius 2 is 1.90 bits per heavy atom. The van der Waals surface area contributed by atoms with Gasteiger partial charge >= 0.3 is 5.97 Å². The minimum Gasteiger partial charge on any atom is -0.492 e. The van der Waals surface area contributed by atoms with Crippen molar-refractivity contribution in [2.75, 3.05) is 17.2 Å². The minimum atomic E-state index is -1.01. The first-order valence-corrected chi connectivity index (χ1v) is 10.1. The Bertz CT molecular complexity index is 917. The van der Waals surface area contributed by atoms with E-state index < -0.39 is 23.2 Å². The average Bonchev–Trinajstić information content (AvgIpc) is 2.70. The Hall–Kier alpha value is -3.00. The van der Waals surface area contributed by atoms with E-state index in [0.717, 1.165) is 10.6 Å². The zero-order chi connectivity index (χ0) is 20.8. The zero-order valence-electron chi connectivity index (χ0n) is 16.1. The highest BCUT2D eigenvalue weighted by Gasteiger charge is 2.30. The molecule has 2 N–H and O–H groups in total. The fourth-order valence-corrected chi connectivity index (χ4v) is 3.86. The van der Waals surface area contributed by atoms with Gasteiger partial charge in [-0.2, -0.15) is 0 Å². The van der Waals surface area contributed by atoms with Gasteiger partial charge in [-0.15, -0.1) is 11.8 Å². The highest BCUT2D eigenvalue weighted by Crippen LogP contribution is 2.36. The summed E-state index contributed by atoms with van der Waals surface area (Å²) in [6, 6.07) is 14.4. The van der Waals surface area contributed by atoms with Crippen LogP contribution in [0.5, 0.6) is 5.75 Å².